The number of hydrogen-bond acceptors (Lipinski definition) is 3. The summed E-state index contributed by atoms with van der Waals surface area (Å²) in [4.78, 5) is 11.1. The van der Waals surface area contributed by atoms with Crippen molar-refractivity contribution in [3.05, 3.63) is 118 Å². The Bertz CT molecular complexity index is 1900. The van der Waals surface area contributed by atoms with Crippen LogP contribution in [0.3, 0.4) is 0 Å². The van der Waals surface area contributed by atoms with Gasteiger partial charge in [0.1, 0.15) is 5.75 Å². The Morgan fingerprint density at radius 1 is 0.822 bits per heavy atom. The molecule has 0 N–H and O–H groups in total. The van der Waals surface area contributed by atoms with Gasteiger partial charge in [0.25, 0.3) is 0 Å². The molecule has 5 rings (SSSR count). The van der Waals surface area contributed by atoms with Crippen molar-refractivity contribution in [3.63, 3.8) is 0 Å². The van der Waals surface area contributed by atoms with Crippen molar-refractivity contribution < 1.29 is 14.3 Å². The van der Waals surface area contributed by atoms with Gasteiger partial charge in [-0.05, 0) is 121 Å². The topological polar surface area (TPSA) is 35.5 Å². The van der Waals surface area contributed by atoms with Crippen molar-refractivity contribution in [2.24, 2.45) is 0 Å². The van der Waals surface area contributed by atoms with E-state index in [9.17, 15) is 4.79 Å². The molecular weight excluding hydrogens is 552 g/mol. The van der Waals surface area contributed by atoms with E-state index >= 15 is 0 Å². The van der Waals surface area contributed by atoms with E-state index in [1.165, 1.54) is 39.5 Å². The summed E-state index contributed by atoms with van der Waals surface area (Å²) in [6, 6.07) is 18.9. The van der Waals surface area contributed by atoms with Crippen molar-refractivity contribution >= 4 is 22.8 Å². The molecule has 2 aliphatic rings. The highest BCUT2D eigenvalue weighted by Crippen LogP contribution is 2.29. The van der Waals surface area contributed by atoms with Gasteiger partial charge < -0.3 is 9.47 Å². The van der Waals surface area contributed by atoms with Gasteiger partial charge in [-0.25, -0.2) is 4.79 Å². The van der Waals surface area contributed by atoms with E-state index < -0.39 is 0 Å². The first-order chi connectivity index (χ1) is 22.0. The molecule has 0 radical (unpaired) electrons. The maximum atomic E-state index is 11.1. The smallest absolute Gasteiger partial charge is 0.330 e. The summed E-state index contributed by atoms with van der Waals surface area (Å²) in [6.07, 6.45) is 12.9. The second-order valence-electron chi connectivity index (χ2n) is 11.2. The fourth-order valence-corrected chi connectivity index (χ4v) is 5.46. The lowest BCUT2D eigenvalue weighted by atomic mass is 9.89. The predicted molar refractivity (Wildman–Crippen MR) is 184 cm³/mol. The molecule has 224 valence electrons. The highest BCUT2D eigenvalue weighted by atomic mass is 16.5. The van der Waals surface area contributed by atoms with Crippen LogP contribution in [-0.2, 0) is 16.0 Å². The highest BCUT2D eigenvalue weighted by molar-refractivity contribution is 5.85. The van der Waals surface area contributed by atoms with Gasteiger partial charge in [-0.1, -0.05) is 67.2 Å². The molecule has 3 aromatic carbocycles. The van der Waals surface area contributed by atoms with Gasteiger partial charge in [-0.15, -0.1) is 0 Å². The van der Waals surface area contributed by atoms with Gasteiger partial charge in [-0.3, -0.25) is 0 Å². The van der Waals surface area contributed by atoms with Crippen LogP contribution in [0.2, 0.25) is 0 Å². The molecule has 0 atom stereocenters. The molecule has 0 saturated heterocycles. The lowest BCUT2D eigenvalue weighted by Crippen LogP contribution is -2.01. The molecule has 0 aromatic heterocycles. The number of hydrogen-bond donors (Lipinski definition) is 0. The summed E-state index contributed by atoms with van der Waals surface area (Å²) in [5.41, 5.74) is 9.47. The largest absolute Gasteiger partial charge is 0.497 e. The first-order valence-corrected chi connectivity index (χ1v) is 15.7. The van der Waals surface area contributed by atoms with Crippen LogP contribution in [0.5, 0.6) is 5.75 Å². The first-order valence-electron chi connectivity index (χ1n) is 15.7. The van der Waals surface area contributed by atoms with Crippen LogP contribution in [0.15, 0.2) is 95.6 Å². The fourth-order valence-electron chi connectivity index (χ4n) is 5.46. The number of carbonyl (C=O) groups is 1. The minimum atomic E-state index is -0.377. The Hall–Kier alpha value is -5.17. The number of rotatable bonds is 7. The van der Waals surface area contributed by atoms with Crippen LogP contribution >= 0.6 is 0 Å². The minimum Gasteiger partial charge on any atom is -0.497 e. The average molecular weight is 591 g/mol. The van der Waals surface area contributed by atoms with Gasteiger partial charge in [0.2, 0.25) is 0 Å². The van der Waals surface area contributed by atoms with Crippen LogP contribution in [-0.4, -0.2) is 19.7 Å². The molecular formula is C42H38O3. The lowest BCUT2D eigenvalue weighted by Gasteiger charge is -2.15. The highest BCUT2D eigenvalue weighted by Gasteiger charge is 2.12. The number of esters is 1. The summed E-state index contributed by atoms with van der Waals surface area (Å²) < 4.78 is 10.4. The molecule has 45 heavy (non-hydrogen) atoms. The summed E-state index contributed by atoms with van der Waals surface area (Å²) in [5, 5.41) is 2.30. The van der Waals surface area contributed by atoms with E-state index in [2.05, 4.69) is 110 Å². The Labute approximate surface area is 267 Å². The third-order valence-electron chi connectivity index (χ3n) is 8.03. The number of aryl methyl sites for hydroxylation is 1. The number of carbonyl (C=O) groups excluding carboxylic acids is 1. The van der Waals surface area contributed by atoms with E-state index in [1.54, 1.807) is 7.11 Å². The molecule has 0 unspecified atom stereocenters. The molecule has 0 bridgehead atoms. The number of benzene rings is 3. The molecule has 0 spiro atoms. The molecule has 0 heterocycles. The first kappa shape index (κ1) is 31.3. The summed E-state index contributed by atoms with van der Waals surface area (Å²) in [5.74, 6) is 20.8. The van der Waals surface area contributed by atoms with E-state index in [0.29, 0.717) is 6.61 Å². The van der Waals surface area contributed by atoms with Gasteiger partial charge in [0.05, 0.1) is 13.7 Å². The van der Waals surface area contributed by atoms with Crippen LogP contribution < -0.4 is 4.74 Å². The quantitative estimate of drug-likeness (QED) is 0.119. The van der Waals surface area contributed by atoms with Crippen molar-refractivity contribution in [2.45, 2.75) is 58.3 Å². The monoisotopic (exact) mass is 590 g/mol. The van der Waals surface area contributed by atoms with E-state index in [0.717, 1.165) is 79.0 Å². The summed E-state index contributed by atoms with van der Waals surface area (Å²) in [6.45, 7) is 5.99. The number of unbranched alkanes of at least 4 members (excludes halogenated alkanes) is 2. The predicted octanol–water partition coefficient (Wildman–Crippen LogP) is 8.91. The maximum absolute atomic E-state index is 11.1. The standard InChI is InChI=1S/C42H38O3/c1-4-35-26-32(13-18-36(35)19-14-34-17-22-40-30-41(44-3)24-23-39(40)29-34)11-12-33-16-21-37-27-31(15-20-38(37)28-33)10-8-6-7-9-25-45-42(43)5-2/h5,15-16,20-21,23-24,26-30H,2,4,6-7,9,13,17-18,22,25H2,1,3H3. The van der Waals surface area contributed by atoms with Crippen molar-refractivity contribution in [1.29, 1.82) is 0 Å². The van der Waals surface area contributed by atoms with Gasteiger partial charge in [-0.2, -0.15) is 0 Å². The zero-order chi connectivity index (χ0) is 31.4. The summed E-state index contributed by atoms with van der Waals surface area (Å²) in [7, 11) is 1.71. The van der Waals surface area contributed by atoms with E-state index in [-0.39, 0.29) is 5.97 Å². The normalized spacial score (nSPS) is 13.5. The third kappa shape index (κ3) is 8.70. The molecule has 3 aromatic rings. The molecule has 0 saturated carbocycles. The molecule has 3 heteroatoms. The van der Waals surface area contributed by atoms with Crippen molar-refractivity contribution in [1.82, 2.24) is 0 Å². The average Bonchev–Trinajstić information content (AvgIpc) is 3.08. The van der Waals surface area contributed by atoms with E-state index in [4.69, 9.17) is 9.47 Å². The second kappa shape index (κ2) is 15.5. The Balaban J connectivity index is 1.21. The zero-order valence-electron chi connectivity index (χ0n) is 26.2. The SMILES string of the molecule is C=CC(=O)OCCCCC#Cc1ccc2cc(C#CC3=CC(CC)=C(C#CC4=Cc5ccc(OC)cc5CC4)CC3)ccc2c1. The molecule has 0 aliphatic heterocycles. The molecule has 3 nitrogen and oxygen atoms in total. The number of methoxy groups -OCH3 is 1. The maximum Gasteiger partial charge on any atom is 0.330 e. The molecule has 2 aliphatic carbocycles. The second-order valence-corrected chi connectivity index (χ2v) is 11.2. The van der Waals surface area contributed by atoms with Crippen LogP contribution in [0.4, 0.5) is 0 Å². The molecule has 0 amide bonds. The third-order valence-corrected chi connectivity index (χ3v) is 8.03. The lowest BCUT2D eigenvalue weighted by molar-refractivity contribution is -0.137. The number of fused-ring (bicyclic) bond motifs is 2. The van der Waals surface area contributed by atoms with Crippen LogP contribution in [0.25, 0.3) is 16.8 Å². The number of allylic oxidation sites excluding steroid dienone is 5. The van der Waals surface area contributed by atoms with Crippen LogP contribution in [0.1, 0.15) is 74.1 Å². The van der Waals surface area contributed by atoms with Gasteiger partial charge in [0, 0.05) is 40.3 Å². The number of ether oxygens (including phenoxy) is 2. The van der Waals surface area contributed by atoms with Crippen molar-refractivity contribution in [3.8, 4) is 41.3 Å². The zero-order valence-corrected chi connectivity index (χ0v) is 26.2. The Kier molecular flexibility index (Phi) is 10.8. The Morgan fingerprint density at radius 3 is 2.31 bits per heavy atom. The minimum absolute atomic E-state index is 0.377. The van der Waals surface area contributed by atoms with E-state index in [1.807, 2.05) is 6.07 Å². The summed E-state index contributed by atoms with van der Waals surface area (Å²) >= 11 is 0. The molecule has 0 fully saturated rings. The van der Waals surface area contributed by atoms with Crippen LogP contribution in [0, 0.1) is 35.5 Å². The van der Waals surface area contributed by atoms with Crippen molar-refractivity contribution in [2.75, 3.05) is 13.7 Å². The van der Waals surface area contributed by atoms with Gasteiger partial charge >= 0.3 is 5.97 Å². The Morgan fingerprint density at radius 2 is 1.56 bits per heavy atom. The fraction of sp³-hybridized carbons (Fsp3) is 0.262. The van der Waals surface area contributed by atoms with Gasteiger partial charge in [0.15, 0.2) is 0 Å².